The van der Waals surface area contributed by atoms with Gasteiger partial charge in [-0.15, -0.1) is 0 Å². The van der Waals surface area contributed by atoms with Gasteiger partial charge in [0.2, 0.25) is 0 Å². The maximum atomic E-state index is 11.0. The lowest BCUT2D eigenvalue weighted by Crippen LogP contribution is -2.50. The third-order valence-electron chi connectivity index (χ3n) is 3.40. The summed E-state index contributed by atoms with van der Waals surface area (Å²) in [6, 6.07) is 9.87. The van der Waals surface area contributed by atoms with Crippen molar-refractivity contribution in [3.63, 3.8) is 0 Å². The van der Waals surface area contributed by atoms with Gasteiger partial charge in [-0.1, -0.05) is 30.3 Å². The van der Waals surface area contributed by atoms with Gasteiger partial charge < -0.3 is 23.7 Å². The molecule has 1 heterocycles. The molecule has 1 aliphatic heterocycles. The molecule has 1 saturated heterocycles. The molecule has 1 aromatic carbocycles. The summed E-state index contributed by atoms with van der Waals surface area (Å²) in [5.41, 5.74) is 1.08. The quantitative estimate of drug-likeness (QED) is 0.740. The largest absolute Gasteiger partial charge is 0.378 e. The molecule has 5 nitrogen and oxygen atoms in total. The molecule has 0 amide bonds. The molecule has 1 aliphatic rings. The van der Waals surface area contributed by atoms with Crippen molar-refractivity contribution in [2.75, 3.05) is 14.2 Å². The van der Waals surface area contributed by atoms with E-state index in [-0.39, 0.29) is 12.2 Å². The highest BCUT2D eigenvalue weighted by atomic mass is 16.7. The maximum Gasteiger partial charge on any atom is 0.184 e. The van der Waals surface area contributed by atoms with Crippen LogP contribution in [0.5, 0.6) is 0 Å². The zero-order chi connectivity index (χ0) is 14.4. The van der Waals surface area contributed by atoms with Crippen molar-refractivity contribution < 1.29 is 23.7 Å². The highest BCUT2D eigenvalue weighted by Gasteiger charge is 2.39. The average molecular weight is 280 g/mol. The van der Waals surface area contributed by atoms with Crippen molar-refractivity contribution in [3.05, 3.63) is 35.9 Å². The van der Waals surface area contributed by atoms with Crippen molar-refractivity contribution in [2.24, 2.45) is 0 Å². The van der Waals surface area contributed by atoms with Crippen LogP contribution in [0.2, 0.25) is 0 Å². The third-order valence-corrected chi connectivity index (χ3v) is 3.40. The number of hydrogen-bond acceptors (Lipinski definition) is 5. The fraction of sp³-hybridized carbons (Fsp3) is 0.533. The van der Waals surface area contributed by atoms with Crippen molar-refractivity contribution in [3.8, 4) is 0 Å². The fourth-order valence-corrected chi connectivity index (χ4v) is 2.29. The predicted molar refractivity (Wildman–Crippen MR) is 72.2 cm³/mol. The molecule has 0 unspecified atom stereocenters. The second-order valence-electron chi connectivity index (χ2n) is 4.69. The molecule has 1 fully saturated rings. The number of rotatable bonds is 6. The number of carbonyl (C=O) groups excluding carboxylic acids is 1. The Bertz CT molecular complexity index is 408. The molecule has 2 rings (SSSR count). The number of ether oxygens (including phenoxy) is 4. The normalized spacial score (nSPS) is 30.1. The molecule has 1 aromatic rings. The summed E-state index contributed by atoms with van der Waals surface area (Å²) < 4.78 is 21.9. The van der Waals surface area contributed by atoms with Gasteiger partial charge in [-0.05, 0) is 5.56 Å². The van der Waals surface area contributed by atoms with Crippen molar-refractivity contribution in [2.45, 2.75) is 37.6 Å². The first-order valence-corrected chi connectivity index (χ1v) is 6.60. The Hall–Kier alpha value is -1.27. The lowest BCUT2D eigenvalue weighted by Gasteiger charge is -2.37. The van der Waals surface area contributed by atoms with Crippen LogP contribution in [-0.4, -0.2) is 45.1 Å². The van der Waals surface area contributed by atoms with E-state index in [0.29, 0.717) is 13.0 Å². The van der Waals surface area contributed by atoms with Gasteiger partial charge in [0.05, 0.1) is 12.7 Å². The van der Waals surface area contributed by atoms with Gasteiger partial charge in [0.15, 0.2) is 12.6 Å². The first-order valence-electron chi connectivity index (χ1n) is 6.60. The van der Waals surface area contributed by atoms with Crippen LogP contribution >= 0.6 is 0 Å². The summed E-state index contributed by atoms with van der Waals surface area (Å²) >= 11 is 0. The molecule has 110 valence electrons. The van der Waals surface area contributed by atoms with E-state index in [1.54, 1.807) is 14.2 Å². The lowest BCUT2D eigenvalue weighted by atomic mass is 10.0. The molecule has 0 spiro atoms. The number of methoxy groups -OCH3 is 2. The van der Waals surface area contributed by atoms with E-state index < -0.39 is 12.4 Å². The van der Waals surface area contributed by atoms with E-state index in [9.17, 15) is 4.79 Å². The number of benzene rings is 1. The molecule has 0 bridgehead atoms. The minimum absolute atomic E-state index is 0.263. The van der Waals surface area contributed by atoms with Crippen molar-refractivity contribution in [1.29, 1.82) is 0 Å². The van der Waals surface area contributed by atoms with E-state index in [1.807, 2.05) is 30.3 Å². The molecule has 20 heavy (non-hydrogen) atoms. The fourth-order valence-electron chi connectivity index (χ4n) is 2.29. The molecular weight excluding hydrogens is 260 g/mol. The van der Waals surface area contributed by atoms with Gasteiger partial charge in [-0.25, -0.2) is 0 Å². The van der Waals surface area contributed by atoms with Gasteiger partial charge in [0.25, 0.3) is 0 Å². The zero-order valence-corrected chi connectivity index (χ0v) is 11.7. The van der Waals surface area contributed by atoms with Gasteiger partial charge in [-0.2, -0.15) is 0 Å². The molecule has 0 aliphatic carbocycles. The summed E-state index contributed by atoms with van der Waals surface area (Å²) in [6.07, 6.45) is -0.429. The van der Waals surface area contributed by atoms with Gasteiger partial charge in [0.1, 0.15) is 12.2 Å². The molecule has 0 radical (unpaired) electrons. The Morgan fingerprint density at radius 2 is 1.95 bits per heavy atom. The maximum absolute atomic E-state index is 11.0. The Balaban J connectivity index is 1.96. The van der Waals surface area contributed by atoms with E-state index in [2.05, 4.69) is 0 Å². The number of carbonyl (C=O) groups is 1. The van der Waals surface area contributed by atoms with E-state index in [4.69, 9.17) is 18.9 Å². The van der Waals surface area contributed by atoms with Crippen LogP contribution in [0.15, 0.2) is 30.3 Å². The minimum atomic E-state index is -0.610. The Morgan fingerprint density at radius 1 is 1.20 bits per heavy atom. The van der Waals surface area contributed by atoms with Crippen LogP contribution in [0.1, 0.15) is 12.0 Å². The monoisotopic (exact) mass is 280 g/mol. The second kappa shape index (κ2) is 7.50. The Morgan fingerprint density at radius 3 is 2.55 bits per heavy atom. The standard InChI is InChI=1S/C15H20O5/c1-17-12-8-13(15(18-2)20-14(12)9-16)19-10-11-6-4-3-5-7-11/h3-7,9,12-15H,8,10H2,1-2H3/t12-,13+,14+,15+/m0/s1. The third kappa shape index (κ3) is 3.64. The van der Waals surface area contributed by atoms with Crippen LogP contribution < -0.4 is 0 Å². The SMILES string of the molecule is CO[C@@H]1O[C@H](C=O)[C@@H](OC)C[C@H]1OCc1ccccc1. The van der Waals surface area contributed by atoms with Crippen molar-refractivity contribution in [1.82, 2.24) is 0 Å². The summed E-state index contributed by atoms with van der Waals surface area (Å²) in [6.45, 7) is 0.469. The van der Waals surface area contributed by atoms with Gasteiger partial charge >= 0.3 is 0 Å². The summed E-state index contributed by atoms with van der Waals surface area (Å²) in [7, 11) is 3.10. The smallest absolute Gasteiger partial charge is 0.184 e. The van der Waals surface area contributed by atoms with Crippen LogP contribution in [0.25, 0.3) is 0 Å². The Labute approximate surface area is 118 Å². The van der Waals surface area contributed by atoms with Gasteiger partial charge in [-0.3, -0.25) is 0 Å². The molecule has 0 saturated carbocycles. The molecule has 0 aromatic heterocycles. The molecule has 4 atom stereocenters. The first kappa shape index (κ1) is 15.1. The van der Waals surface area contributed by atoms with Crippen LogP contribution in [-0.2, 0) is 30.3 Å². The molecule has 0 N–H and O–H groups in total. The summed E-state index contributed by atoms with van der Waals surface area (Å²) in [4.78, 5) is 11.0. The lowest BCUT2D eigenvalue weighted by molar-refractivity contribution is -0.262. The first-order chi connectivity index (χ1) is 9.78. The topological polar surface area (TPSA) is 54.0 Å². The minimum Gasteiger partial charge on any atom is -0.378 e. The highest BCUT2D eigenvalue weighted by Crippen LogP contribution is 2.25. The molecule has 5 heteroatoms. The molecular formula is C15H20O5. The number of hydrogen-bond donors (Lipinski definition) is 0. The van der Waals surface area contributed by atoms with E-state index in [1.165, 1.54) is 0 Å². The predicted octanol–water partition coefficient (Wildman–Crippen LogP) is 1.55. The van der Waals surface area contributed by atoms with Crippen molar-refractivity contribution >= 4 is 6.29 Å². The second-order valence-corrected chi connectivity index (χ2v) is 4.69. The Kier molecular flexibility index (Phi) is 5.67. The van der Waals surface area contributed by atoms with E-state index in [0.717, 1.165) is 11.8 Å². The van der Waals surface area contributed by atoms with Crippen LogP contribution in [0.3, 0.4) is 0 Å². The highest BCUT2D eigenvalue weighted by molar-refractivity contribution is 5.57. The summed E-state index contributed by atoms with van der Waals surface area (Å²) in [5, 5.41) is 0. The van der Waals surface area contributed by atoms with E-state index >= 15 is 0 Å². The van der Waals surface area contributed by atoms with Crippen LogP contribution in [0, 0.1) is 0 Å². The zero-order valence-electron chi connectivity index (χ0n) is 11.7. The average Bonchev–Trinajstić information content (AvgIpc) is 2.52. The summed E-state index contributed by atoms with van der Waals surface area (Å²) in [5.74, 6) is 0. The van der Waals surface area contributed by atoms with Crippen LogP contribution in [0.4, 0.5) is 0 Å². The number of aldehydes is 1. The van der Waals surface area contributed by atoms with Gasteiger partial charge in [0, 0.05) is 20.6 Å².